The first-order valence-electron chi connectivity index (χ1n) is 8.15. The van der Waals surface area contributed by atoms with Crippen LogP contribution < -0.4 is 10.9 Å². The highest BCUT2D eigenvalue weighted by molar-refractivity contribution is 5.96. The van der Waals surface area contributed by atoms with Crippen LogP contribution in [-0.4, -0.2) is 44.7 Å². The number of ether oxygens (including phenoxy) is 1. The Bertz CT molecular complexity index is 1130. The summed E-state index contributed by atoms with van der Waals surface area (Å²) < 4.78 is 5.63. The van der Waals surface area contributed by atoms with Gasteiger partial charge in [-0.25, -0.2) is 19.1 Å². The molecule has 2 heterocycles. The normalized spacial score (nSPS) is 11.8. The molecule has 0 saturated heterocycles. The number of H-pyrrole nitrogens is 1. The largest absolute Gasteiger partial charge is 0.477 e. The van der Waals surface area contributed by atoms with E-state index in [-0.39, 0.29) is 17.0 Å². The van der Waals surface area contributed by atoms with Crippen molar-refractivity contribution in [3.05, 3.63) is 69.3 Å². The molecule has 0 spiro atoms. The molecule has 2 aromatic heterocycles. The van der Waals surface area contributed by atoms with E-state index in [1.165, 1.54) is 7.11 Å². The minimum Gasteiger partial charge on any atom is -0.477 e. The lowest BCUT2D eigenvalue weighted by Gasteiger charge is -2.15. The lowest BCUT2D eigenvalue weighted by molar-refractivity contribution is 0.0599. The number of benzene rings is 1. The summed E-state index contributed by atoms with van der Waals surface area (Å²) in [6, 6.07) is 8.21. The Morgan fingerprint density at radius 1 is 1.21 bits per heavy atom. The van der Waals surface area contributed by atoms with Crippen molar-refractivity contribution >= 4 is 23.5 Å². The van der Waals surface area contributed by atoms with E-state index < -0.39 is 29.4 Å². The number of carboxylic acids is 1. The number of nitrogens with zero attached hydrogens (tertiary/aromatic N) is 2. The third kappa shape index (κ3) is 3.61. The number of amides is 1. The molecule has 3 N–H and O–H groups in total. The summed E-state index contributed by atoms with van der Waals surface area (Å²) in [5, 5.41) is 14.3. The number of methoxy groups -OCH3 is 1. The van der Waals surface area contributed by atoms with Crippen LogP contribution in [0.3, 0.4) is 0 Å². The summed E-state index contributed by atoms with van der Waals surface area (Å²) in [6.45, 7) is 1.72. The second kappa shape index (κ2) is 7.35. The molecule has 10 nitrogen and oxygen atoms in total. The summed E-state index contributed by atoms with van der Waals surface area (Å²) in [6.07, 6.45) is 0. The van der Waals surface area contributed by atoms with Crippen molar-refractivity contribution in [1.29, 1.82) is 0 Å². The van der Waals surface area contributed by atoms with Gasteiger partial charge in [-0.2, -0.15) is 0 Å². The van der Waals surface area contributed by atoms with Gasteiger partial charge in [-0.3, -0.25) is 14.7 Å². The molecule has 0 fully saturated rings. The maximum absolute atomic E-state index is 12.5. The van der Waals surface area contributed by atoms with Gasteiger partial charge in [-0.05, 0) is 24.6 Å². The first kappa shape index (κ1) is 18.8. The molecule has 0 aliphatic heterocycles. The van der Waals surface area contributed by atoms with Gasteiger partial charge in [0.15, 0.2) is 11.3 Å². The number of carboxylic acid groups (broad SMARTS) is 1. The smallest absolute Gasteiger partial charge is 0.354 e. The van der Waals surface area contributed by atoms with E-state index in [0.717, 1.165) is 22.2 Å². The maximum Gasteiger partial charge on any atom is 0.354 e. The lowest BCUT2D eigenvalue weighted by Crippen LogP contribution is -2.28. The molecule has 1 amide bonds. The number of fused-ring (bicyclic) bond motifs is 1. The predicted octanol–water partition coefficient (Wildman–Crippen LogP) is 0.998. The van der Waals surface area contributed by atoms with Gasteiger partial charge in [0, 0.05) is 12.1 Å². The molecule has 3 rings (SSSR count). The Hall–Kier alpha value is -3.95. The second-order valence-electron chi connectivity index (χ2n) is 5.95. The number of nitrogens with one attached hydrogen (secondary N) is 2. The van der Waals surface area contributed by atoms with Crippen LogP contribution in [-0.2, 0) is 4.74 Å². The Morgan fingerprint density at radius 3 is 2.50 bits per heavy atom. The summed E-state index contributed by atoms with van der Waals surface area (Å²) >= 11 is 0. The third-order valence-electron chi connectivity index (χ3n) is 4.09. The van der Waals surface area contributed by atoms with Crippen molar-refractivity contribution in [1.82, 2.24) is 19.9 Å². The fraction of sp³-hybridized carbons (Fsp3) is 0.167. The van der Waals surface area contributed by atoms with Crippen LogP contribution >= 0.6 is 0 Å². The van der Waals surface area contributed by atoms with Gasteiger partial charge in [0.25, 0.3) is 11.5 Å². The summed E-state index contributed by atoms with van der Waals surface area (Å²) in [5.41, 5.74) is 0.137. The minimum atomic E-state index is -1.32. The van der Waals surface area contributed by atoms with Crippen LogP contribution in [0.4, 0.5) is 0 Å². The van der Waals surface area contributed by atoms with Gasteiger partial charge in [-0.15, -0.1) is 0 Å². The summed E-state index contributed by atoms with van der Waals surface area (Å²) in [7, 11) is 1.28. The molecular weight excluding hydrogens is 368 g/mol. The highest BCUT2D eigenvalue weighted by Crippen LogP contribution is 2.15. The van der Waals surface area contributed by atoms with E-state index in [0.29, 0.717) is 5.56 Å². The molecular formula is C18H16N4O6. The number of hydrogen-bond donors (Lipinski definition) is 3. The molecule has 1 aromatic carbocycles. The molecule has 0 aliphatic carbocycles. The van der Waals surface area contributed by atoms with Crippen molar-refractivity contribution < 1.29 is 24.2 Å². The van der Waals surface area contributed by atoms with Crippen molar-refractivity contribution in [2.75, 3.05) is 7.11 Å². The summed E-state index contributed by atoms with van der Waals surface area (Å²) in [4.78, 5) is 50.9. The zero-order valence-electron chi connectivity index (χ0n) is 14.9. The molecule has 28 heavy (non-hydrogen) atoms. The van der Waals surface area contributed by atoms with Crippen LogP contribution in [0.1, 0.15) is 49.9 Å². The number of carbonyl (C=O) groups is 3. The van der Waals surface area contributed by atoms with Crippen LogP contribution in [0.25, 0.3) is 5.65 Å². The number of aromatic nitrogens is 3. The lowest BCUT2D eigenvalue weighted by atomic mass is 10.1. The standard InChI is InChI=1S/C18H16N4O6/c1-9(10-3-5-11(6-4-10)18(27)28-2)19-16(24)12-7-13(17(25)26)22-14(20-12)8-15(23)21-22/h3-9H,1-2H3,(H,19,24)(H,21,23)(H,25,26)/t9-/m0/s1. The van der Waals surface area contributed by atoms with Gasteiger partial charge in [-0.1, -0.05) is 12.1 Å². The zero-order chi connectivity index (χ0) is 20.4. The maximum atomic E-state index is 12.5. The van der Waals surface area contributed by atoms with Gasteiger partial charge in [0.05, 0.1) is 18.7 Å². The van der Waals surface area contributed by atoms with Crippen LogP contribution in [0, 0.1) is 0 Å². The van der Waals surface area contributed by atoms with Crippen LogP contribution in [0.5, 0.6) is 0 Å². The van der Waals surface area contributed by atoms with E-state index in [1.54, 1.807) is 31.2 Å². The topological polar surface area (TPSA) is 143 Å². The van der Waals surface area contributed by atoms with E-state index in [4.69, 9.17) is 0 Å². The summed E-state index contributed by atoms with van der Waals surface area (Å²) in [5.74, 6) is -2.40. The molecule has 1 atom stereocenters. The average molecular weight is 384 g/mol. The first-order valence-corrected chi connectivity index (χ1v) is 8.15. The van der Waals surface area contributed by atoms with E-state index in [2.05, 4.69) is 20.1 Å². The molecule has 0 bridgehead atoms. The van der Waals surface area contributed by atoms with Gasteiger partial charge >= 0.3 is 11.9 Å². The molecule has 144 valence electrons. The SMILES string of the molecule is COC(=O)c1ccc([C@H](C)NC(=O)c2cc(C(=O)O)n3[nH]c(=O)cc3n2)cc1. The number of aromatic amines is 1. The van der Waals surface area contributed by atoms with E-state index in [1.807, 2.05) is 0 Å². The van der Waals surface area contributed by atoms with Gasteiger partial charge in [0.2, 0.25) is 0 Å². The molecule has 3 aromatic rings. The average Bonchev–Trinajstić information content (AvgIpc) is 3.06. The van der Waals surface area contributed by atoms with Crippen molar-refractivity contribution in [2.24, 2.45) is 0 Å². The predicted molar refractivity (Wildman–Crippen MR) is 96.4 cm³/mol. The Balaban J connectivity index is 1.85. The molecule has 10 heteroatoms. The van der Waals surface area contributed by atoms with Gasteiger partial charge < -0.3 is 15.2 Å². The van der Waals surface area contributed by atoms with Crippen molar-refractivity contribution in [2.45, 2.75) is 13.0 Å². The molecule has 0 radical (unpaired) electrons. The highest BCUT2D eigenvalue weighted by Gasteiger charge is 2.19. The van der Waals surface area contributed by atoms with E-state index in [9.17, 15) is 24.3 Å². The Labute approximate surface area is 157 Å². The third-order valence-corrected chi connectivity index (χ3v) is 4.09. The monoisotopic (exact) mass is 384 g/mol. The minimum absolute atomic E-state index is 0.0186. The number of hydrogen-bond acceptors (Lipinski definition) is 6. The van der Waals surface area contributed by atoms with E-state index >= 15 is 0 Å². The second-order valence-corrected chi connectivity index (χ2v) is 5.95. The fourth-order valence-electron chi connectivity index (χ4n) is 2.65. The molecule has 0 saturated carbocycles. The number of aromatic carboxylic acids is 1. The van der Waals surface area contributed by atoms with Crippen molar-refractivity contribution in [3.8, 4) is 0 Å². The highest BCUT2D eigenvalue weighted by atomic mass is 16.5. The Morgan fingerprint density at radius 2 is 1.89 bits per heavy atom. The van der Waals surface area contributed by atoms with Crippen LogP contribution in [0.15, 0.2) is 41.2 Å². The molecule has 0 aliphatic rings. The zero-order valence-corrected chi connectivity index (χ0v) is 14.9. The number of carbonyl (C=O) groups excluding carboxylic acids is 2. The molecule has 0 unspecified atom stereocenters. The number of esters is 1. The quantitative estimate of drug-likeness (QED) is 0.557. The fourth-order valence-corrected chi connectivity index (χ4v) is 2.65. The van der Waals surface area contributed by atoms with Gasteiger partial charge in [0.1, 0.15) is 5.69 Å². The number of rotatable bonds is 5. The van der Waals surface area contributed by atoms with Crippen molar-refractivity contribution in [3.63, 3.8) is 0 Å². The van der Waals surface area contributed by atoms with Crippen LogP contribution in [0.2, 0.25) is 0 Å². The Kier molecular flexibility index (Phi) is 4.94. The first-order chi connectivity index (χ1) is 13.3.